The van der Waals surface area contributed by atoms with E-state index in [1.165, 1.54) is 10.5 Å². The molecule has 1 aromatic carbocycles. The number of likely N-dealkylation sites (tertiary alicyclic amines) is 1. The summed E-state index contributed by atoms with van der Waals surface area (Å²) < 4.78 is 37.6. The third-order valence-corrected chi connectivity index (χ3v) is 4.51. The largest absolute Gasteiger partial charge is 0.401 e. The summed E-state index contributed by atoms with van der Waals surface area (Å²) >= 11 is 0. The maximum Gasteiger partial charge on any atom is 0.401 e. The summed E-state index contributed by atoms with van der Waals surface area (Å²) in [6.07, 6.45) is -3.24. The predicted octanol–water partition coefficient (Wildman–Crippen LogP) is 2.95. The van der Waals surface area contributed by atoms with E-state index in [-0.39, 0.29) is 6.04 Å². The summed E-state index contributed by atoms with van der Waals surface area (Å²) in [5.41, 5.74) is 3.12. The minimum absolute atomic E-state index is 0.108. The van der Waals surface area contributed by atoms with Gasteiger partial charge in [-0.25, -0.2) is 0 Å². The summed E-state index contributed by atoms with van der Waals surface area (Å²) in [7, 11) is 0. The highest BCUT2D eigenvalue weighted by Gasteiger charge is 2.35. The first-order valence-electron chi connectivity index (χ1n) is 8.03. The molecule has 0 saturated carbocycles. The molecule has 1 aliphatic heterocycles. The highest BCUT2D eigenvalue weighted by molar-refractivity contribution is 5.31. The first-order valence-corrected chi connectivity index (χ1v) is 8.03. The summed E-state index contributed by atoms with van der Waals surface area (Å²) in [5.74, 6) is 0. The van der Waals surface area contributed by atoms with Crippen LogP contribution in [0.15, 0.2) is 18.2 Å². The third kappa shape index (κ3) is 5.48. The number of hydrogen-bond donors (Lipinski definition) is 2. The second-order valence-electron chi connectivity index (χ2n) is 6.40. The number of nitrogens with zero attached hydrogens (tertiary/aromatic N) is 1. The molecule has 0 bridgehead atoms. The highest BCUT2D eigenvalue weighted by atomic mass is 19.4. The Morgan fingerprint density at radius 2 is 2.04 bits per heavy atom. The van der Waals surface area contributed by atoms with Crippen LogP contribution >= 0.6 is 0 Å². The van der Waals surface area contributed by atoms with Crippen LogP contribution in [0.2, 0.25) is 0 Å². The molecular weight excluding hydrogens is 305 g/mol. The maximum absolute atomic E-state index is 12.5. The van der Waals surface area contributed by atoms with Gasteiger partial charge in [0.15, 0.2) is 0 Å². The number of rotatable bonds is 6. The fourth-order valence-electron chi connectivity index (χ4n) is 3.04. The fraction of sp³-hybridized carbons (Fsp3) is 0.647. The zero-order valence-electron chi connectivity index (χ0n) is 13.7. The Morgan fingerprint density at radius 1 is 1.30 bits per heavy atom. The molecule has 0 aromatic heterocycles. The minimum atomic E-state index is -4.15. The van der Waals surface area contributed by atoms with E-state index in [0.29, 0.717) is 19.6 Å². The molecule has 0 spiro atoms. The first kappa shape index (κ1) is 18.2. The van der Waals surface area contributed by atoms with Crippen LogP contribution in [0.1, 0.15) is 35.6 Å². The summed E-state index contributed by atoms with van der Waals surface area (Å²) in [6, 6.07) is 5.70. The van der Waals surface area contributed by atoms with E-state index >= 15 is 0 Å². The Labute approximate surface area is 135 Å². The molecule has 0 radical (unpaired) electrons. The zero-order chi connectivity index (χ0) is 17.0. The van der Waals surface area contributed by atoms with Crippen molar-refractivity contribution < 1.29 is 18.3 Å². The smallest absolute Gasteiger partial charge is 0.387 e. The van der Waals surface area contributed by atoms with Gasteiger partial charge in [-0.15, -0.1) is 0 Å². The summed E-state index contributed by atoms with van der Waals surface area (Å²) in [5, 5.41) is 13.3. The lowest BCUT2D eigenvalue weighted by Gasteiger charge is -2.26. The lowest BCUT2D eigenvalue weighted by molar-refractivity contribution is -0.147. The van der Waals surface area contributed by atoms with E-state index in [0.717, 1.165) is 24.0 Å². The van der Waals surface area contributed by atoms with Crippen molar-refractivity contribution in [1.29, 1.82) is 0 Å². The van der Waals surface area contributed by atoms with Gasteiger partial charge in [-0.3, -0.25) is 4.90 Å². The molecule has 0 amide bonds. The first-order chi connectivity index (χ1) is 10.8. The van der Waals surface area contributed by atoms with Gasteiger partial charge in [0.2, 0.25) is 0 Å². The molecule has 1 fully saturated rings. The van der Waals surface area contributed by atoms with Crippen LogP contribution in [0.4, 0.5) is 13.2 Å². The number of halogens is 3. The number of hydrogen-bond acceptors (Lipinski definition) is 3. The van der Waals surface area contributed by atoms with Gasteiger partial charge >= 0.3 is 6.18 Å². The monoisotopic (exact) mass is 330 g/mol. The Balaban J connectivity index is 1.80. The van der Waals surface area contributed by atoms with E-state index in [1.807, 2.05) is 32.0 Å². The van der Waals surface area contributed by atoms with E-state index in [1.54, 1.807) is 0 Å². The van der Waals surface area contributed by atoms with Gasteiger partial charge in [-0.1, -0.05) is 18.2 Å². The van der Waals surface area contributed by atoms with Crippen LogP contribution in [0, 0.1) is 13.8 Å². The average molecular weight is 330 g/mol. The van der Waals surface area contributed by atoms with Crippen LogP contribution in [0.5, 0.6) is 0 Å². The van der Waals surface area contributed by atoms with E-state index in [4.69, 9.17) is 0 Å². The fourth-order valence-corrected chi connectivity index (χ4v) is 3.04. The highest BCUT2D eigenvalue weighted by Crippen LogP contribution is 2.24. The van der Waals surface area contributed by atoms with Crippen LogP contribution in [-0.4, -0.2) is 48.4 Å². The van der Waals surface area contributed by atoms with Crippen LogP contribution in [0.25, 0.3) is 0 Å². The Morgan fingerprint density at radius 3 is 2.70 bits per heavy atom. The van der Waals surface area contributed by atoms with Crippen molar-refractivity contribution in [3.63, 3.8) is 0 Å². The quantitative estimate of drug-likeness (QED) is 0.842. The number of alkyl halides is 3. The van der Waals surface area contributed by atoms with Crippen molar-refractivity contribution in [3.8, 4) is 0 Å². The predicted molar refractivity (Wildman–Crippen MR) is 84.4 cm³/mol. The maximum atomic E-state index is 12.5. The molecule has 2 unspecified atom stereocenters. The molecule has 23 heavy (non-hydrogen) atoms. The van der Waals surface area contributed by atoms with E-state index < -0.39 is 18.8 Å². The topological polar surface area (TPSA) is 35.5 Å². The van der Waals surface area contributed by atoms with Gasteiger partial charge in [0, 0.05) is 19.1 Å². The number of aliphatic hydroxyl groups excluding tert-OH is 1. The number of aryl methyl sites for hydroxylation is 2. The molecule has 1 aliphatic rings. The normalized spacial score (nSPS) is 20.9. The Kier molecular flexibility index (Phi) is 6.06. The second-order valence-corrected chi connectivity index (χ2v) is 6.40. The van der Waals surface area contributed by atoms with Crippen molar-refractivity contribution in [1.82, 2.24) is 10.2 Å². The summed E-state index contributed by atoms with van der Waals surface area (Å²) in [4.78, 5) is 1.48. The van der Waals surface area contributed by atoms with Gasteiger partial charge in [0.05, 0.1) is 12.6 Å². The van der Waals surface area contributed by atoms with Crippen molar-refractivity contribution >= 4 is 0 Å². The average Bonchev–Trinajstić information content (AvgIpc) is 2.87. The summed E-state index contributed by atoms with van der Waals surface area (Å²) in [6.45, 7) is 4.47. The molecule has 1 heterocycles. The second kappa shape index (κ2) is 7.64. The van der Waals surface area contributed by atoms with Crippen LogP contribution in [-0.2, 0) is 0 Å². The zero-order valence-corrected chi connectivity index (χ0v) is 13.7. The lowest BCUT2D eigenvalue weighted by atomic mass is 10.0. The van der Waals surface area contributed by atoms with Crippen molar-refractivity contribution in [2.45, 2.75) is 45.0 Å². The third-order valence-electron chi connectivity index (χ3n) is 4.51. The number of nitrogens with one attached hydrogen (secondary N) is 1. The van der Waals surface area contributed by atoms with Crippen molar-refractivity contribution in [2.24, 2.45) is 0 Å². The molecular formula is C17H25F3N2O. The minimum Gasteiger partial charge on any atom is -0.387 e. The van der Waals surface area contributed by atoms with Gasteiger partial charge in [-0.05, 0) is 49.9 Å². The van der Waals surface area contributed by atoms with Gasteiger partial charge < -0.3 is 10.4 Å². The SMILES string of the molecule is Cc1ccc(C(O)CNCC2CCCN2CC(F)(F)F)cc1C. The number of benzene rings is 1. The van der Waals surface area contributed by atoms with Crippen LogP contribution in [0.3, 0.4) is 0 Å². The van der Waals surface area contributed by atoms with Crippen molar-refractivity contribution in [3.05, 3.63) is 34.9 Å². The van der Waals surface area contributed by atoms with Gasteiger partial charge in [0.1, 0.15) is 0 Å². The van der Waals surface area contributed by atoms with Gasteiger partial charge in [0.25, 0.3) is 0 Å². The standard InChI is InChI=1S/C17H25F3N2O/c1-12-5-6-14(8-13(12)2)16(23)10-21-9-15-4-3-7-22(15)11-17(18,19)20/h5-6,8,15-16,21,23H,3-4,7,9-11H2,1-2H3. The van der Waals surface area contributed by atoms with E-state index in [2.05, 4.69) is 5.32 Å². The Hall–Kier alpha value is -1.11. The molecule has 2 N–H and O–H groups in total. The van der Waals surface area contributed by atoms with Crippen LogP contribution < -0.4 is 5.32 Å². The molecule has 1 saturated heterocycles. The molecule has 1 aromatic rings. The molecule has 0 aliphatic carbocycles. The molecule has 3 nitrogen and oxygen atoms in total. The lowest BCUT2D eigenvalue weighted by Crippen LogP contribution is -2.43. The number of aliphatic hydroxyl groups is 1. The molecule has 2 atom stereocenters. The van der Waals surface area contributed by atoms with Gasteiger partial charge in [-0.2, -0.15) is 13.2 Å². The molecule has 2 rings (SSSR count). The van der Waals surface area contributed by atoms with E-state index in [9.17, 15) is 18.3 Å². The molecule has 130 valence electrons. The van der Waals surface area contributed by atoms with Crippen molar-refractivity contribution in [2.75, 3.05) is 26.2 Å². The Bertz CT molecular complexity index is 519. The molecule has 6 heteroatoms.